The number of nitrogens with zero attached hydrogens (tertiary/aromatic N) is 1. The van der Waals surface area contributed by atoms with E-state index in [2.05, 4.69) is 5.32 Å². The van der Waals surface area contributed by atoms with E-state index in [4.69, 9.17) is 4.74 Å². The van der Waals surface area contributed by atoms with Gasteiger partial charge < -0.3 is 20.1 Å². The van der Waals surface area contributed by atoms with E-state index >= 15 is 0 Å². The molecule has 7 heteroatoms. The maximum absolute atomic E-state index is 13.3. The van der Waals surface area contributed by atoms with Crippen LogP contribution in [-0.2, 0) is 14.3 Å². The van der Waals surface area contributed by atoms with E-state index in [0.717, 1.165) is 0 Å². The summed E-state index contributed by atoms with van der Waals surface area (Å²) in [6, 6.07) is 5.20. The number of carbonyl (C=O) groups is 2. The van der Waals surface area contributed by atoms with Crippen LogP contribution in [-0.4, -0.2) is 60.8 Å². The summed E-state index contributed by atoms with van der Waals surface area (Å²) in [5, 5.41) is 12.3. The van der Waals surface area contributed by atoms with Crippen LogP contribution in [0.5, 0.6) is 0 Å². The minimum absolute atomic E-state index is 0.00624. The van der Waals surface area contributed by atoms with Gasteiger partial charge in [-0.1, -0.05) is 26.0 Å². The van der Waals surface area contributed by atoms with E-state index in [9.17, 15) is 19.1 Å². The highest BCUT2D eigenvalue weighted by Gasteiger charge is 2.29. The molecule has 2 rings (SSSR count). The molecule has 2 amide bonds. The van der Waals surface area contributed by atoms with Gasteiger partial charge in [-0.15, -0.1) is 0 Å². The molecule has 1 aliphatic heterocycles. The Kier molecular flexibility index (Phi) is 7.53. The fraction of sp³-hybridized carbons (Fsp3) is 0.579. The Balaban J connectivity index is 2.16. The third-order valence-corrected chi connectivity index (χ3v) is 4.66. The lowest BCUT2D eigenvalue weighted by atomic mass is 9.93. The molecule has 2 atom stereocenters. The summed E-state index contributed by atoms with van der Waals surface area (Å²) in [6.45, 7) is 5.58. The van der Waals surface area contributed by atoms with Crippen molar-refractivity contribution in [3.05, 3.63) is 35.6 Å². The first-order valence-corrected chi connectivity index (χ1v) is 8.94. The highest BCUT2D eigenvalue weighted by Crippen LogP contribution is 2.23. The summed E-state index contributed by atoms with van der Waals surface area (Å²) in [5.41, 5.74) is 0.575. The zero-order chi connectivity index (χ0) is 19.1. The summed E-state index contributed by atoms with van der Waals surface area (Å²) in [7, 11) is 0. The van der Waals surface area contributed by atoms with Crippen LogP contribution in [0.2, 0.25) is 0 Å². The minimum Gasteiger partial charge on any atom is -0.394 e. The number of rotatable bonds is 7. The van der Waals surface area contributed by atoms with Crippen LogP contribution in [0.25, 0.3) is 0 Å². The maximum Gasteiger partial charge on any atom is 0.228 e. The Morgan fingerprint density at radius 3 is 2.38 bits per heavy atom. The zero-order valence-electron chi connectivity index (χ0n) is 15.3. The van der Waals surface area contributed by atoms with Gasteiger partial charge in [0.25, 0.3) is 0 Å². The quantitative estimate of drug-likeness (QED) is 0.762. The third kappa shape index (κ3) is 5.51. The SMILES string of the molecule is CC(C)C(CO)NC(=O)C(CC(=O)N1CCOCC1)c1ccc(F)cc1. The molecular formula is C19H27FN2O4. The number of amides is 2. The molecule has 0 spiro atoms. The van der Waals surface area contributed by atoms with Gasteiger partial charge in [0.15, 0.2) is 0 Å². The molecule has 1 saturated heterocycles. The number of benzene rings is 1. The van der Waals surface area contributed by atoms with Gasteiger partial charge in [-0.3, -0.25) is 9.59 Å². The van der Waals surface area contributed by atoms with Crippen LogP contribution in [0.4, 0.5) is 4.39 Å². The molecule has 1 fully saturated rings. The van der Waals surface area contributed by atoms with Crippen molar-refractivity contribution in [1.29, 1.82) is 0 Å². The summed E-state index contributed by atoms with van der Waals surface area (Å²) < 4.78 is 18.5. The molecule has 1 heterocycles. The number of aliphatic hydroxyl groups excluding tert-OH is 1. The summed E-state index contributed by atoms with van der Waals surface area (Å²) in [6.07, 6.45) is -0.00624. The van der Waals surface area contributed by atoms with Crippen molar-refractivity contribution in [2.45, 2.75) is 32.2 Å². The molecule has 1 aromatic carbocycles. The average molecular weight is 366 g/mol. The van der Waals surface area contributed by atoms with Gasteiger partial charge in [-0.05, 0) is 23.6 Å². The molecular weight excluding hydrogens is 339 g/mol. The first kappa shape index (κ1) is 20.3. The second-order valence-electron chi connectivity index (χ2n) is 6.84. The molecule has 1 aliphatic rings. The number of carbonyl (C=O) groups excluding carboxylic acids is 2. The molecule has 0 aliphatic carbocycles. The molecule has 0 bridgehead atoms. The average Bonchev–Trinajstić information content (AvgIpc) is 2.65. The van der Waals surface area contributed by atoms with Gasteiger partial charge in [0, 0.05) is 19.5 Å². The van der Waals surface area contributed by atoms with Gasteiger partial charge >= 0.3 is 0 Å². The zero-order valence-corrected chi connectivity index (χ0v) is 15.3. The number of hydrogen-bond donors (Lipinski definition) is 2. The predicted molar refractivity (Wildman–Crippen MR) is 95.0 cm³/mol. The number of ether oxygens (including phenoxy) is 1. The smallest absolute Gasteiger partial charge is 0.228 e. The molecule has 0 radical (unpaired) electrons. The highest BCUT2D eigenvalue weighted by molar-refractivity contribution is 5.90. The number of nitrogens with one attached hydrogen (secondary N) is 1. The van der Waals surface area contributed by atoms with Gasteiger partial charge in [0.05, 0.1) is 31.8 Å². The van der Waals surface area contributed by atoms with E-state index in [1.807, 2.05) is 13.8 Å². The van der Waals surface area contributed by atoms with Gasteiger partial charge in [0.2, 0.25) is 11.8 Å². The number of hydrogen-bond acceptors (Lipinski definition) is 4. The van der Waals surface area contributed by atoms with E-state index in [-0.39, 0.29) is 30.8 Å². The van der Waals surface area contributed by atoms with Gasteiger partial charge in [-0.25, -0.2) is 4.39 Å². The molecule has 1 aromatic rings. The molecule has 26 heavy (non-hydrogen) atoms. The third-order valence-electron chi connectivity index (χ3n) is 4.66. The van der Waals surface area contributed by atoms with E-state index in [1.165, 1.54) is 24.3 Å². The lowest BCUT2D eigenvalue weighted by Gasteiger charge is -2.29. The maximum atomic E-state index is 13.3. The highest BCUT2D eigenvalue weighted by atomic mass is 19.1. The fourth-order valence-electron chi connectivity index (χ4n) is 2.88. The minimum atomic E-state index is -0.737. The van der Waals surface area contributed by atoms with Crippen molar-refractivity contribution >= 4 is 11.8 Å². The van der Waals surface area contributed by atoms with Crippen molar-refractivity contribution < 1.29 is 23.8 Å². The van der Waals surface area contributed by atoms with Crippen LogP contribution < -0.4 is 5.32 Å². The van der Waals surface area contributed by atoms with E-state index in [1.54, 1.807) is 4.90 Å². The summed E-state index contributed by atoms with van der Waals surface area (Å²) in [5.74, 6) is -1.57. The molecule has 144 valence electrons. The fourth-order valence-corrected chi connectivity index (χ4v) is 2.88. The molecule has 0 saturated carbocycles. The first-order chi connectivity index (χ1) is 12.4. The first-order valence-electron chi connectivity index (χ1n) is 8.94. The van der Waals surface area contributed by atoms with Crippen LogP contribution in [0.15, 0.2) is 24.3 Å². The Morgan fingerprint density at radius 2 is 1.85 bits per heavy atom. The predicted octanol–water partition coefficient (Wildman–Crippen LogP) is 1.29. The van der Waals surface area contributed by atoms with Crippen molar-refractivity contribution in [1.82, 2.24) is 10.2 Å². The molecule has 0 aromatic heterocycles. The van der Waals surface area contributed by atoms with E-state index in [0.29, 0.717) is 31.9 Å². The van der Waals surface area contributed by atoms with Crippen molar-refractivity contribution in [3.63, 3.8) is 0 Å². The van der Waals surface area contributed by atoms with Gasteiger partial charge in [-0.2, -0.15) is 0 Å². The Hall–Kier alpha value is -1.99. The second-order valence-corrected chi connectivity index (χ2v) is 6.84. The van der Waals surface area contributed by atoms with Crippen LogP contribution in [0, 0.1) is 11.7 Å². The van der Waals surface area contributed by atoms with E-state index < -0.39 is 17.8 Å². The topological polar surface area (TPSA) is 78.9 Å². The molecule has 6 nitrogen and oxygen atoms in total. The lowest BCUT2D eigenvalue weighted by molar-refractivity contribution is -0.138. The summed E-state index contributed by atoms with van der Waals surface area (Å²) in [4.78, 5) is 27.1. The standard InChI is InChI=1S/C19H27FN2O4/c1-13(2)17(12-23)21-19(25)16(14-3-5-15(20)6-4-14)11-18(24)22-7-9-26-10-8-22/h3-6,13,16-17,23H,7-12H2,1-2H3,(H,21,25). The monoisotopic (exact) mass is 366 g/mol. The number of aliphatic hydroxyl groups is 1. The van der Waals surface area contributed by atoms with Crippen LogP contribution in [0.3, 0.4) is 0 Å². The van der Waals surface area contributed by atoms with Crippen LogP contribution >= 0.6 is 0 Å². The Morgan fingerprint density at radius 1 is 1.23 bits per heavy atom. The van der Waals surface area contributed by atoms with Crippen LogP contribution in [0.1, 0.15) is 31.7 Å². The number of morpholine rings is 1. The second kappa shape index (κ2) is 9.64. The van der Waals surface area contributed by atoms with Crippen molar-refractivity contribution in [2.75, 3.05) is 32.9 Å². The van der Waals surface area contributed by atoms with Crippen molar-refractivity contribution in [3.8, 4) is 0 Å². The normalized spacial score (nSPS) is 17.0. The summed E-state index contributed by atoms with van der Waals surface area (Å²) >= 11 is 0. The largest absolute Gasteiger partial charge is 0.394 e. The number of halogens is 1. The lowest BCUT2D eigenvalue weighted by Crippen LogP contribution is -2.45. The van der Waals surface area contributed by atoms with Crippen molar-refractivity contribution in [2.24, 2.45) is 5.92 Å². The molecule has 2 unspecified atom stereocenters. The Labute approximate surface area is 153 Å². The van der Waals surface area contributed by atoms with Gasteiger partial charge in [0.1, 0.15) is 5.82 Å². The molecule has 2 N–H and O–H groups in total. The Bertz CT molecular complexity index is 600.